The molecule has 0 aliphatic heterocycles. The Morgan fingerprint density at radius 3 is 1.30 bits per heavy atom. The van der Waals surface area contributed by atoms with E-state index in [1.165, 1.54) is 0 Å². The molecule has 0 saturated carbocycles. The van der Waals surface area contributed by atoms with Gasteiger partial charge in [0, 0.05) is 12.8 Å². The third kappa shape index (κ3) is 34.0. The highest BCUT2D eigenvalue weighted by molar-refractivity contribution is 5.70. The van der Waals surface area contributed by atoms with Crippen molar-refractivity contribution in [3.05, 3.63) is 85.1 Å². The van der Waals surface area contributed by atoms with E-state index in [2.05, 4.69) is 98.9 Å². The Kier molecular flexibility index (Phi) is 34.2. The van der Waals surface area contributed by atoms with Crippen LogP contribution >= 0.6 is 0 Å². The molecule has 0 heterocycles. The number of hydrogen-bond donors (Lipinski definition) is 1. The van der Waals surface area contributed by atoms with Crippen LogP contribution in [-0.2, 0) is 19.1 Å². The van der Waals surface area contributed by atoms with Gasteiger partial charge in [-0.25, -0.2) is 0 Å². The summed E-state index contributed by atoms with van der Waals surface area (Å²) in [5.41, 5.74) is 0. The van der Waals surface area contributed by atoms with Crippen LogP contribution in [0.3, 0.4) is 0 Å². The van der Waals surface area contributed by atoms with Crippen LogP contribution in [0.1, 0.15) is 142 Å². The molecule has 0 radical (unpaired) electrons. The number of unbranched alkanes of at least 4 members (excludes halogenated alkanes) is 9. The Labute approximate surface area is 282 Å². The molecule has 1 unspecified atom stereocenters. The maximum absolute atomic E-state index is 12.1. The molecule has 0 aromatic carbocycles. The summed E-state index contributed by atoms with van der Waals surface area (Å²) in [6, 6.07) is 0. The SMILES string of the molecule is CCC=CCC=CCC=CCC=CCCCCCCC(=O)OCC(CO)OC(=O)CCCCCCCC=CCC=CCC=CCC. The number of carbonyl (C=O) groups is 2. The number of aliphatic hydroxyl groups excluding tert-OH is 1. The van der Waals surface area contributed by atoms with Crippen molar-refractivity contribution in [2.24, 2.45) is 0 Å². The van der Waals surface area contributed by atoms with Crippen LogP contribution in [0, 0.1) is 0 Å². The molecule has 0 aromatic rings. The number of allylic oxidation sites excluding steroid dienone is 14. The molecule has 1 N–H and O–H groups in total. The maximum Gasteiger partial charge on any atom is 0.306 e. The second kappa shape index (κ2) is 36.5. The summed E-state index contributed by atoms with van der Waals surface area (Å²) in [5, 5.41) is 9.53. The molecule has 0 aromatic heterocycles. The van der Waals surface area contributed by atoms with Crippen molar-refractivity contribution in [1.29, 1.82) is 0 Å². The first-order valence-electron chi connectivity index (χ1n) is 18.1. The highest BCUT2D eigenvalue weighted by Gasteiger charge is 2.16. The topological polar surface area (TPSA) is 72.8 Å². The number of carbonyl (C=O) groups excluding carboxylic acids is 2. The van der Waals surface area contributed by atoms with E-state index < -0.39 is 6.10 Å². The van der Waals surface area contributed by atoms with Crippen LogP contribution in [0.25, 0.3) is 0 Å². The van der Waals surface area contributed by atoms with Crippen molar-refractivity contribution in [2.75, 3.05) is 13.2 Å². The van der Waals surface area contributed by atoms with Gasteiger partial charge in [-0.1, -0.05) is 131 Å². The molecule has 0 fully saturated rings. The number of esters is 2. The molecular formula is C41H66O5. The standard InChI is InChI=1S/C41H66O5/c1-3-5-7-9-11-13-15-17-19-20-22-23-25-27-29-31-33-35-40(43)45-38-39(37-42)46-41(44)36-34-32-30-28-26-24-21-18-16-14-12-10-8-6-4-2/h5-8,11-14,17-19,21-23,39,42H,3-4,9-10,15-16,20,24-38H2,1-2H3. The number of aliphatic hydroxyl groups is 1. The second-order valence-corrected chi connectivity index (χ2v) is 11.5. The lowest BCUT2D eigenvalue weighted by Gasteiger charge is -2.15. The average Bonchev–Trinajstić information content (AvgIpc) is 3.06. The quantitative estimate of drug-likeness (QED) is 0.0465. The van der Waals surface area contributed by atoms with E-state index in [9.17, 15) is 14.7 Å². The highest BCUT2D eigenvalue weighted by atomic mass is 16.6. The summed E-state index contributed by atoms with van der Waals surface area (Å²) >= 11 is 0. The van der Waals surface area contributed by atoms with Crippen molar-refractivity contribution in [2.45, 2.75) is 148 Å². The van der Waals surface area contributed by atoms with E-state index in [0.717, 1.165) is 116 Å². The number of rotatable bonds is 31. The molecule has 0 bridgehead atoms. The molecule has 0 saturated heterocycles. The normalized spacial score (nSPS) is 13.2. The monoisotopic (exact) mass is 638 g/mol. The van der Waals surface area contributed by atoms with Gasteiger partial charge in [-0.15, -0.1) is 0 Å². The van der Waals surface area contributed by atoms with Crippen LogP contribution in [-0.4, -0.2) is 36.4 Å². The summed E-state index contributed by atoms with van der Waals surface area (Å²) < 4.78 is 10.6. The lowest BCUT2D eigenvalue weighted by atomic mass is 10.1. The van der Waals surface area contributed by atoms with E-state index in [-0.39, 0.29) is 25.2 Å². The zero-order valence-corrected chi connectivity index (χ0v) is 29.3. The van der Waals surface area contributed by atoms with Crippen LogP contribution in [0.2, 0.25) is 0 Å². The van der Waals surface area contributed by atoms with E-state index in [1.54, 1.807) is 0 Å². The van der Waals surface area contributed by atoms with Crippen molar-refractivity contribution in [3.8, 4) is 0 Å². The third-order valence-electron chi connectivity index (χ3n) is 7.18. The first-order valence-corrected chi connectivity index (χ1v) is 18.1. The summed E-state index contributed by atoms with van der Waals surface area (Å²) in [5.74, 6) is -0.649. The Bertz CT molecular complexity index is 906. The second-order valence-electron chi connectivity index (χ2n) is 11.5. The Morgan fingerprint density at radius 1 is 0.500 bits per heavy atom. The van der Waals surface area contributed by atoms with E-state index >= 15 is 0 Å². The lowest BCUT2D eigenvalue weighted by Crippen LogP contribution is -2.28. The van der Waals surface area contributed by atoms with E-state index in [4.69, 9.17) is 9.47 Å². The van der Waals surface area contributed by atoms with Gasteiger partial charge in [0.25, 0.3) is 0 Å². The van der Waals surface area contributed by atoms with Gasteiger partial charge in [-0.05, 0) is 83.5 Å². The largest absolute Gasteiger partial charge is 0.462 e. The fraction of sp³-hybridized carbons (Fsp3) is 0.610. The Balaban J connectivity index is 3.69. The predicted octanol–water partition coefficient (Wildman–Crippen LogP) is 11.2. The van der Waals surface area contributed by atoms with E-state index in [1.807, 2.05) is 0 Å². The minimum absolute atomic E-state index is 0.0912. The van der Waals surface area contributed by atoms with Gasteiger partial charge >= 0.3 is 11.9 Å². The molecule has 260 valence electrons. The number of hydrogen-bond acceptors (Lipinski definition) is 5. The zero-order valence-electron chi connectivity index (χ0n) is 29.3. The smallest absolute Gasteiger partial charge is 0.306 e. The minimum Gasteiger partial charge on any atom is -0.462 e. The Hall–Kier alpha value is -2.92. The Morgan fingerprint density at radius 2 is 0.870 bits per heavy atom. The first kappa shape index (κ1) is 43.1. The van der Waals surface area contributed by atoms with Gasteiger partial charge in [0.05, 0.1) is 6.61 Å². The maximum atomic E-state index is 12.1. The van der Waals surface area contributed by atoms with Crippen molar-refractivity contribution in [3.63, 3.8) is 0 Å². The van der Waals surface area contributed by atoms with Gasteiger partial charge < -0.3 is 14.6 Å². The molecular weight excluding hydrogens is 572 g/mol. The third-order valence-corrected chi connectivity index (χ3v) is 7.18. The minimum atomic E-state index is -0.794. The fourth-order valence-corrected chi connectivity index (χ4v) is 4.50. The van der Waals surface area contributed by atoms with Crippen LogP contribution in [0.5, 0.6) is 0 Å². The van der Waals surface area contributed by atoms with Gasteiger partial charge in [0.2, 0.25) is 0 Å². The predicted molar refractivity (Wildman–Crippen MR) is 196 cm³/mol. The van der Waals surface area contributed by atoms with Crippen LogP contribution < -0.4 is 0 Å². The summed E-state index contributed by atoms with van der Waals surface area (Å²) in [7, 11) is 0. The zero-order chi connectivity index (χ0) is 33.6. The molecule has 5 heteroatoms. The van der Waals surface area contributed by atoms with Gasteiger partial charge in [0.15, 0.2) is 6.10 Å². The summed E-state index contributed by atoms with van der Waals surface area (Å²) in [4.78, 5) is 24.2. The molecule has 0 aliphatic carbocycles. The van der Waals surface area contributed by atoms with Crippen LogP contribution in [0.4, 0.5) is 0 Å². The van der Waals surface area contributed by atoms with E-state index in [0.29, 0.717) is 12.8 Å². The lowest BCUT2D eigenvalue weighted by molar-refractivity contribution is -0.161. The molecule has 1 atom stereocenters. The van der Waals surface area contributed by atoms with Gasteiger partial charge in [-0.2, -0.15) is 0 Å². The van der Waals surface area contributed by atoms with Gasteiger partial charge in [-0.3, -0.25) is 9.59 Å². The molecule has 46 heavy (non-hydrogen) atoms. The molecule has 0 rings (SSSR count). The van der Waals surface area contributed by atoms with Crippen molar-refractivity contribution in [1.82, 2.24) is 0 Å². The van der Waals surface area contributed by atoms with Crippen LogP contribution in [0.15, 0.2) is 85.1 Å². The average molecular weight is 639 g/mol. The van der Waals surface area contributed by atoms with Crippen molar-refractivity contribution < 1.29 is 24.2 Å². The summed E-state index contributed by atoms with van der Waals surface area (Å²) in [6.45, 7) is 3.85. The van der Waals surface area contributed by atoms with Crippen molar-refractivity contribution >= 4 is 11.9 Å². The summed E-state index contributed by atoms with van der Waals surface area (Å²) in [6.07, 6.45) is 49.2. The molecule has 0 aliphatic rings. The van der Waals surface area contributed by atoms with Gasteiger partial charge in [0.1, 0.15) is 6.61 Å². The number of ether oxygens (including phenoxy) is 2. The molecule has 5 nitrogen and oxygen atoms in total. The first-order chi connectivity index (χ1) is 22.6. The highest BCUT2D eigenvalue weighted by Crippen LogP contribution is 2.10. The molecule has 0 amide bonds. The fourth-order valence-electron chi connectivity index (χ4n) is 4.50. The molecule has 0 spiro atoms.